The first-order valence-electron chi connectivity index (χ1n) is 8.03. The molecular weight excluding hydrogens is 347 g/mol. The number of aromatic nitrogens is 4. The summed E-state index contributed by atoms with van der Waals surface area (Å²) in [6.07, 6.45) is -4.35. The fourth-order valence-electron chi connectivity index (χ4n) is 2.76. The van der Waals surface area contributed by atoms with Crippen molar-refractivity contribution in [2.24, 2.45) is 0 Å². The van der Waals surface area contributed by atoms with E-state index in [4.69, 9.17) is 0 Å². The van der Waals surface area contributed by atoms with Crippen LogP contribution in [-0.4, -0.2) is 26.3 Å². The smallest absolute Gasteiger partial charge is 0.383 e. The van der Waals surface area contributed by atoms with Crippen molar-refractivity contribution >= 4 is 16.7 Å². The average molecular weight is 365 g/mol. The van der Waals surface area contributed by atoms with Crippen LogP contribution >= 0.6 is 0 Å². The number of hydrogen-bond donors (Lipinski definition) is 2. The lowest BCUT2D eigenvalue weighted by atomic mass is 10.2. The van der Waals surface area contributed by atoms with E-state index in [1.54, 1.807) is 18.5 Å². The summed E-state index contributed by atoms with van der Waals surface area (Å²) < 4.78 is 39.5. The quantitative estimate of drug-likeness (QED) is 0.743. The third kappa shape index (κ3) is 3.42. The zero-order chi connectivity index (χ0) is 19.1. The minimum Gasteiger partial charge on any atom is -0.383 e. The van der Waals surface area contributed by atoms with Gasteiger partial charge in [0.15, 0.2) is 5.65 Å². The Balaban J connectivity index is 1.80. The fourth-order valence-corrected chi connectivity index (χ4v) is 2.76. The minimum atomic E-state index is -4.35. The highest BCUT2D eigenvalue weighted by Gasteiger charge is 2.29. The van der Waals surface area contributed by atoms with Gasteiger partial charge in [-0.1, -0.05) is 0 Å². The van der Waals surface area contributed by atoms with E-state index in [2.05, 4.69) is 20.4 Å². The summed E-state index contributed by atoms with van der Waals surface area (Å²) in [5, 5.41) is 7.92. The molecule has 26 heavy (non-hydrogen) atoms. The number of halogens is 3. The van der Waals surface area contributed by atoms with Crippen LogP contribution < -0.4 is 10.9 Å². The molecule has 0 aliphatic heterocycles. The second-order valence-corrected chi connectivity index (χ2v) is 6.18. The monoisotopic (exact) mass is 365 g/mol. The first-order valence-corrected chi connectivity index (χ1v) is 8.03. The van der Waals surface area contributed by atoms with E-state index in [-0.39, 0.29) is 11.6 Å². The van der Waals surface area contributed by atoms with Crippen LogP contribution in [0, 0.1) is 13.8 Å². The van der Waals surface area contributed by atoms with Gasteiger partial charge in [0.05, 0.1) is 17.3 Å². The van der Waals surface area contributed by atoms with Gasteiger partial charge in [0, 0.05) is 12.2 Å². The summed E-state index contributed by atoms with van der Waals surface area (Å²) >= 11 is 0. The van der Waals surface area contributed by atoms with Crippen molar-refractivity contribution in [2.45, 2.75) is 33.0 Å². The zero-order valence-electron chi connectivity index (χ0n) is 14.5. The number of aromatic amines is 1. The molecule has 2 N–H and O–H groups in total. The number of rotatable bonds is 4. The van der Waals surface area contributed by atoms with Gasteiger partial charge in [-0.15, -0.1) is 0 Å². The Hall–Kier alpha value is -2.84. The van der Waals surface area contributed by atoms with Crippen LogP contribution in [0.1, 0.15) is 30.0 Å². The maximum atomic E-state index is 12.6. The van der Waals surface area contributed by atoms with E-state index >= 15 is 0 Å². The Morgan fingerprint density at radius 1 is 1.23 bits per heavy atom. The molecule has 0 spiro atoms. The van der Waals surface area contributed by atoms with Crippen LogP contribution in [0.2, 0.25) is 0 Å². The lowest BCUT2D eigenvalue weighted by Crippen LogP contribution is -2.18. The number of nitrogens with zero attached hydrogens (tertiary/aromatic N) is 3. The largest absolute Gasteiger partial charge is 0.416 e. The van der Waals surface area contributed by atoms with Crippen molar-refractivity contribution in [3.8, 4) is 0 Å². The second-order valence-electron chi connectivity index (χ2n) is 6.18. The Morgan fingerprint density at radius 3 is 2.50 bits per heavy atom. The lowest BCUT2D eigenvalue weighted by molar-refractivity contribution is -0.137. The molecule has 2 heterocycles. The van der Waals surface area contributed by atoms with E-state index in [0.29, 0.717) is 34.8 Å². The van der Waals surface area contributed by atoms with E-state index in [0.717, 1.165) is 12.1 Å². The topological polar surface area (TPSA) is 75.6 Å². The van der Waals surface area contributed by atoms with Crippen molar-refractivity contribution in [1.82, 2.24) is 19.7 Å². The van der Waals surface area contributed by atoms with Crippen molar-refractivity contribution in [3.63, 3.8) is 0 Å². The third-order valence-corrected chi connectivity index (χ3v) is 4.09. The first-order chi connectivity index (χ1) is 12.2. The molecular formula is C17H18F3N5O. The number of alkyl halides is 3. The molecule has 0 saturated carbocycles. The molecule has 0 radical (unpaired) electrons. The Bertz CT molecular complexity index is 989. The van der Waals surface area contributed by atoms with Crippen LogP contribution in [0.3, 0.4) is 0 Å². The van der Waals surface area contributed by atoms with Crippen LogP contribution in [0.25, 0.3) is 11.0 Å². The molecule has 6 nitrogen and oxygen atoms in total. The molecule has 3 rings (SSSR count). The van der Waals surface area contributed by atoms with Crippen molar-refractivity contribution in [2.75, 3.05) is 11.9 Å². The average Bonchev–Trinajstić information content (AvgIpc) is 2.89. The summed E-state index contributed by atoms with van der Waals surface area (Å²) in [6.45, 7) is 5.73. The summed E-state index contributed by atoms with van der Waals surface area (Å²) in [6, 6.07) is 4.67. The molecule has 0 aliphatic rings. The molecule has 138 valence electrons. The van der Waals surface area contributed by atoms with Gasteiger partial charge in [-0.05, 0) is 45.0 Å². The summed E-state index contributed by atoms with van der Waals surface area (Å²) in [4.78, 5) is 19.1. The highest BCUT2D eigenvalue weighted by Crippen LogP contribution is 2.29. The molecule has 2 aromatic heterocycles. The molecule has 0 bridgehead atoms. The van der Waals surface area contributed by atoms with Crippen LogP contribution in [0.4, 0.5) is 18.9 Å². The predicted molar refractivity (Wildman–Crippen MR) is 92.3 cm³/mol. The van der Waals surface area contributed by atoms with Crippen molar-refractivity contribution in [1.29, 1.82) is 0 Å². The SMILES string of the molecule is Cc1nc2c(c(C)nn2C(C)CNc2ccc(C(F)(F)F)cc2)c(=O)[nH]1. The van der Waals surface area contributed by atoms with Gasteiger partial charge in [0.25, 0.3) is 5.56 Å². The Labute approximate surface area is 147 Å². The second kappa shape index (κ2) is 6.47. The van der Waals surface area contributed by atoms with E-state index in [1.807, 2.05) is 6.92 Å². The number of benzene rings is 1. The molecule has 0 amide bonds. The van der Waals surface area contributed by atoms with Crippen LogP contribution in [0.5, 0.6) is 0 Å². The molecule has 1 atom stereocenters. The molecule has 0 fully saturated rings. The van der Waals surface area contributed by atoms with E-state index in [1.165, 1.54) is 12.1 Å². The van der Waals surface area contributed by atoms with E-state index in [9.17, 15) is 18.0 Å². The van der Waals surface area contributed by atoms with Gasteiger partial charge in [-0.25, -0.2) is 9.67 Å². The molecule has 1 unspecified atom stereocenters. The Morgan fingerprint density at radius 2 is 1.88 bits per heavy atom. The fraction of sp³-hybridized carbons (Fsp3) is 0.353. The number of H-pyrrole nitrogens is 1. The predicted octanol–water partition coefficient (Wildman–Crippen LogP) is 3.43. The number of hydrogen-bond acceptors (Lipinski definition) is 4. The molecule has 0 saturated heterocycles. The number of anilines is 1. The van der Waals surface area contributed by atoms with Gasteiger partial charge in [-0.2, -0.15) is 18.3 Å². The summed E-state index contributed by atoms with van der Waals surface area (Å²) in [5.41, 5.74) is 0.712. The lowest BCUT2D eigenvalue weighted by Gasteiger charge is -2.15. The molecule has 9 heteroatoms. The maximum Gasteiger partial charge on any atom is 0.416 e. The van der Waals surface area contributed by atoms with Crippen molar-refractivity contribution < 1.29 is 13.2 Å². The van der Waals surface area contributed by atoms with Gasteiger partial charge < -0.3 is 10.3 Å². The third-order valence-electron chi connectivity index (χ3n) is 4.09. The molecule has 1 aromatic carbocycles. The van der Waals surface area contributed by atoms with Gasteiger partial charge in [0.2, 0.25) is 0 Å². The summed E-state index contributed by atoms with van der Waals surface area (Å²) in [7, 11) is 0. The van der Waals surface area contributed by atoms with Gasteiger partial charge >= 0.3 is 6.18 Å². The van der Waals surface area contributed by atoms with Crippen LogP contribution in [-0.2, 0) is 6.18 Å². The van der Waals surface area contributed by atoms with Crippen molar-refractivity contribution in [3.05, 3.63) is 51.7 Å². The highest BCUT2D eigenvalue weighted by atomic mass is 19.4. The number of fused-ring (bicyclic) bond motifs is 1. The summed E-state index contributed by atoms with van der Waals surface area (Å²) in [5.74, 6) is 0.492. The van der Waals surface area contributed by atoms with Crippen LogP contribution in [0.15, 0.2) is 29.1 Å². The Kier molecular flexibility index (Phi) is 4.47. The standard InChI is InChI=1S/C17H18F3N5O/c1-9(8-21-13-6-4-12(5-7-13)17(18,19)20)25-15-14(10(2)24-25)16(26)23-11(3)22-15/h4-7,9,21H,8H2,1-3H3,(H,22,23,26). The number of nitrogens with one attached hydrogen (secondary N) is 2. The highest BCUT2D eigenvalue weighted by molar-refractivity contribution is 5.77. The zero-order valence-corrected chi connectivity index (χ0v) is 14.5. The normalized spacial score (nSPS) is 13.2. The number of aryl methyl sites for hydroxylation is 2. The molecule has 3 aromatic rings. The maximum absolute atomic E-state index is 12.6. The van der Waals surface area contributed by atoms with Gasteiger partial charge in [-0.3, -0.25) is 4.79 Å². The van der Waals surface area contributed by atoms with E-state index < -0.39 is 11.7 Å². The first kappa shape index (κ1) is 18.0. The molecule has 0 aliphatic carbocycles. The minimum absolute atomic E-state index is 0.165. The van der Waals surface area contributed by atoms with Gasteiger partial charge in [0.1, 0.15) is 11.2 Å².